The quantitative estimate of drug-likeness (QED) is 0.0929. The van der Waals surface area contributed by atoms with Crippen molar-refractivity contribution in [1.29, 1.82) is 0 Å². The summed E-state index contributed by atoms with van der Waals surface area (Å²) in [6, 6.07) is 44.2. The summed E-state index contributed by atoms with van der Waals surface area (Å²) in [5.41, 5.74) is 7.92. The molecule has 4 unspecified atom stereocenters. The number of nitrogens with zero attached hydrogens (tertiary/aromatic N) is 4. The first-order valence-electron chi connectivity index (χ1n) is 28.3. The maximum atomic E-state index is 2.93. The second-order valence-corrected chi connectivity index (χ2v) is 23.4. The molecule has 67 heavy (non-hydrogen) atoms. The van der Waals surface area contributed by atoms with Gasteiger partial charge in [-0.25, -0.2) is 0 Å². The highest BCUT2D eigenvalue weighted by Gasteiger charge is 2.39. The van der Waals surface area contributed by atoms with Crippen molar-refractivity contribution in [2.24, 2.45) is 35.5 Å². The van der Waals surface area contributed by atoms with Gasteiger partial charge in [0.25, 0.3) is 0 Å². The molecule has 0 aromatic heterocycles. The summed E-state index contributed by atoms with van der Waals surface area (Å²) in [5.74, 6) is 7.12. The van der Waals surface area contributed by atoms with Crippen LogP contribution in [0.1, 0.15) is 148 Å². The Balaban J connectivity index is 0.724. The first-order chi connectivity index (χ1) is 33.1. The number of aryl methyl sites for hydroxylation is 2. The van der Waals surface area contributed by atoms with Gasteiger partial charge < -0.3 is 19.6 Å². The third-order valence-corrected chi connectivity index (χ3v) is 18.6. The van der Waals surface area contributed by atoms with Gasteiger partial charge in [0.15, 0.2) is 0 Å². The maximum absolute atomic E-state index is 2.93. The van der Waals surface area contributed by atoms with Crippen molar-refractivity contribution in [3.8, 4) is 0 Å². The summed E-state index contributed by atoms with van der Waals surface area (Å²) in [6.07, 6.45) is 25.0. The van der Waals surface area contributed by atoms with E-state index in [-0.39, 0.29) is 0 Å². The normalized spacial score (nSPS) is 27.9. The molecule has 0 N–H and O–H groups in total. The minimum Gasteiger partial charge on any atom is -0.303 e. The Morgan fingerprint density at radius 1 is 0.373 bits per heavy atom. The van der Waals surface area contributed by atoms with Crippen LogP contribution in [0.25, 0.3) is 0 Å². The van der Waals surface area contributed by atoms with Gasteiger partial charge in [-0.3, -0.25) is 0 Å². The van der Waals surface area contributed by atoms with E-state index < -0.39 is 0 Å². The van der Waals surface area contributed by atoms with E-state index in [4.69, 9.17) is 0 Å². The Kier molecular flexibility index (Phi) is 17.0. The monoisotopic (exact) mass is 901 g/mol. The average Bonchev–Trinajstić information content (AvgIpc) is 4.13. The van der Waals surface area contributed by atoms with Crippen LogP contribution in [0.2, 0.25) is 0 Å². The highest BCUT2D eigenvalue weighted by molar-refractivity contribution is 5.32. The molecular weight excluding hydrogens is 813 g/mol. The number of piperidine rings is 2. The molecule has 10 rings (SSSR count). The van der Waals surface area contributed by atoms with Crippen molar-refractivity contribution in [3.63, 3.8) is 0 Å². The Morgan fingerprint density at radius 2 is 0.866 bits per heavy atom. The first kappa shape index (κ1) is 47.4. The summed E-state index contributed by atoms with van der Waals surface area (Å²) in [6.45, 7) is 15.5. The molecule has 0 spiro atoms. The molecule has 0 amide bonds. The van der Waals surface area contributed by atoms with Crippen LogP contribution < -0.4 is 0 Å². The van der Waals surface area contributed by atoms with Gasteiger partial charge in [-0.1, -0.05) is 147 Å². The molecule has 4 aromatic carbocycles. The van der Waals surface area contributed by atoms with E-state index in [1.807, 2.05) is 0 Å². The lowest BCUT2D eigenvalue weighted by molar-refractivity contribution is 0.150. The van der Waals surface area contributed by atoms with Crippen molar-refractivity contribution in [2.45, 2.75) is 133 Å². The van der Waals surface area contributed by atoms with Gasteiger partial charge in [0, 0.05) is 64.2 Å². The van der Waals surface area contributed by atoms with E-state index in [1.165, 1.54) is 205 Å². The predicted molar refractivity (Wildman–Crippen MR) is 282 cm³/mol. The minimum atomic E-state index is 0.659. The molecule has 4 nitrogen and oxygen atoms in total. The summed E-state index contributed by atoms with van der Waals surface area (Å²) in [7, 11) is 0. The lowest BCUT2D eigenvalue weighted by Crippen LogP contribution is -2.39. The number of benzene rings is 4. The van der Waals surface area contributed by atoms with Crippen molar-refractivity contribution in [2.75, 3.05) is 78.5 Å². The molecule has 6 atom stereocenters. The van der Waals surface area contributed by atoms with E-state index in [9.17, 15) is 0 Å². The summed E-state index contributed by atoms with van der Waals surface area (Å²) in [4.78, 5) is 11.6. The van der Waals surface area contributed by atoms with Crippen LogP contribution in [0.5, 0.6) is 0 Å². The van der Waals surface area contributed by atoms with Gasteiger partial charge in [0.2, 0.25) is 0 Å². The van der Waals surface area contributed by atoms with Crippen LogP contribution in [0.15, 0.2) is 115 Å². The standard InChI is InChI=1S/C63H88N4/c1-5-16-50(17-6-1)22-13-24-52-32-36-64(37-33-52)44-60-46-67(48-62(60)56-26-11-4-12-27-56)43-55-30-31-58(40-55)57-28-15-29-59(41-57)63-49-66(42-54-20-9-3-10-21-54)47-61(63)45-65-38-34-53(35-39-65)25-14-23-51-18-7-2-8-19-51/h1-2,4-8,11-12,15-19,26-29,41,52-55,58,60-63H,3,9-10,13-14,20-25,30-40,42-49H2/t55?,58?,60?,61?,62-,63-/m1/s1. The molecule has 4 heterocycles. The molecule has 2 aliphatic carbocycles. The second kappa shape index (κ2) is 24.0. The fraction of sp³-hybridized carbons (Fsp3) is 0.619. The van der Waals surface area contributed by atoms with Gasteiger partial charge in [-0.2, -0.15) is 0 Å². The van der Waals surface area contributed by atoms with Gasteiger partial charge >= 0.3 is 0 Å². The fourth-order valence-corrected chi connectivity index (χ4v) is 14.8. The van der Waals surface area contributed by atoms with Crippen molar-refractivity contribution < 1.29 is 0 Å². The average molecular weight is 901 g/mol. The minimum absolute atomic E-state index is 0.659. The fourth-order valence-electron chi connectivity index (χ4n) is 14.8. The smallest absolute Gasteiger partial charge is 0.00542 e. The number of likely N-dealkylation sites (tertiary alicyclic amines) is 4. The zero-order valence-corrected chi connectivity index (χ0v) is 41.7. The van der Waals surface area contributed by atoms with Crippen LogP contribution in [0.4, 0.5) is 0 Å². The Morgan fingerprint density at radius 3 is 1.43 bits per heavy atom. The second-order valence-electron chi connectivity index (χ2n) is 23.4. The van der Waals surface area contributed by atoms with E-state index >= 15 is 0 Å². The summed E-state index contributed by atoms with van der Waals surface area (Å²) in [5, 5.41) is 0. The van der Waals surface area contributed by atoms with Gasteiger partial charge in [0.1, 0.15) is 0 Å². The van der Waals surface area contributed by atoms with Crippen LogP contribution in [-0.4, -0.2) is 98.1 Å². The Hall–Kier alpha value is -3.28. The number of rotatable bonds is 19. The largest absolute Gasteiger partial charge is 0.303 e. The van der Waals surface area contributed by atoms with E-state index in [1.54, 1.807) is 16.7 Å². The number of hydrogen-bond donors (Lipinski definition) is 0. The molecular formula is C63H88N4. The van der Waals surface area contributed by atoms with E-state index in [2.05, 4.69) is 135 Å². The SMILES string of the molecule is c1ccc(CCCC2CCN(CC3CN(CC4CCCCC4)C[C@@H]3c3cccc(C4CCC(CN5CC(CN6CCC(CCCc7ccccc7)CC6)[C@@H](c6ccccc6)C5)C4)c3)CC2)cc1. The zero-order chi connectivity index (χ0) is 45.0. The molecule has 4 saturated heterocycles. The molecule has 0 radical (unpaired) electrons. The molecule has 4 aromatic rings. The molecule has 0 bridgehead atoms. The maximum Gasteiger partial charge on any atom is 0.00542 e. The lowest BCUT2D eigenvalue weighted by atomic mass is 9.85. The summed E-state index contributed by atoms with van der Waals surface area (Å²) >= 11 is 0. The van der Waals surface area contributed by atoms with Crippen LogP contribution in [-0.2, 0) is 12.8 Å². The number of hydrogen-bond acceptors (Lipinski definition) is 4. The van der Waals surface area contributed by atoms with Crippen LogP contribution in [0, 0.1) is 35.5 Å². The Labute approximate surface area is 408 Å². The van der Waals surface area contributed by atoms with Gasteiger partial charge in [-0.05, 0) is 179 Å². The zero-order valence-electron chi connectivity index (χ0n) is 41.7. The first-order valence-corrected chi connectivity index (χ1v) is 28.3. The third kappa shape index (κ3) is 13.3. The highest BCUT2D eigenvalue weighted by atomic mass is 15.2. The Bertz CT molecular complexity index is 2010. The van der Waals surface area contributed by atoms with Crippen LogP contribution in [0.3, 0.4) is 0 Å². The van der Waals surface area contributed by atoms with Gasteiger partial charge in [0.05, 0.1) is 0 Å². The third-order valence-electron chi connectivity index (χ3n) is 18.6. The van der Waals surface area contributed by atoms with Gasteiger partial charge in [-0.15, -0.1) is 0 Å². The topological polar surface area (TPSA) is 13.0 Å². The molecule has 4 aliphatic heterocycles. The lowest BCUT2D eigenvalue weighted by Gasteiger charge is -2.35. The molecule has 360 valence electrons. The molecule has 4 heteroatoms. The summed E-state index contributed by atoms with van der Waals surface area (Å²) < 4.78 is 0. The van der Waals surface area contributed by atoms with Crippen molar-refractivity contribution in [3.05, 3.63) is 143 Å². The van der Waals surface area contributed by atoms with Crippen molar-refractivity contribution >= 4 is 0 Å². The highest BCUT2D eigenvalue weighted by Crippen LogP contribution is 2.43. The van der Waals surface area contributed by atoms with Crippen molar-refractivity contribution in [1.82, 2.24) is 19.6 Å². The van der Waals surface area contributed by atoms with E-state index in [0.29, 0.717) is 11.8 Å². The molecule has 2 saturated carbocycles. The molecule has 6 aliphatic rings. The van der Waals surface area contributed by atoms with Crippen LogP contribution >= 0.6 is 0 Å². The molecule has 6 fully saturated rings. The predicted octanol–water partition coefficient (Wildman–Crippen LogP) is 13.4. The van der Waals surface area contributed by atoms with E-state index in [0.717, 1.165) is 41.4 Å².